The van der Waals surface area contributed by atoms with Gasteiger partial charge in [0.05, 0.1) is 10.6 Å². The second kappa shape index (κ2) is 6.66. The molecule has 2 amide bonds. The van der Waals surface area contributed by atoms with Crippen LogP contribution in [0.1, 0.15) is 5.56 Å². The molecule has 1 heterocycles. The van der Waals surface area contributed by atoms with Crippen LogP contribution < -0.4 is 10.4 Å². The molecule has 1 saturated heterocycles. The van der Waals surface area contributed by atoms with Gasteiger partial charge < -0.3 is 0 Å². The number of amides is 2. The minimum Gasteiger partial charge on any atom is -0.267 e. The summed E-state index contributed by atoms with van der Waals surface area (Å²) in [6, 6.07) is 10.6. The molecule has 1 aliphatic rings. The number of carbonyl (C=O) groups excluding carboxylic acids is 2. The van der Waals surface area contributed by atoms with Gasteiger partial charge in [-0.3, -0.25) is 25.1 Å². The minimum absolute atomic E-state index is 0.164. The molecule has 7 nitrogen and oxygen atoms in total. The van der Waals surface area contributed by atoms with E-state index in [-0.39, 0.29) is 21.8 Å². The highest BCUT2D eigenvalue weighted by Gasteiger charge is 2.34. The number of hydrazine groups is 1. The van der Waals surface area contributed by atoms with Crippen molar-refractivity contribution < 1.29 is 14.5 Å². The largest absolute Gasteiger partial charge is 0.282 e. The van der Waals surface area contributed by atoms with Crippen LogP contribution in [0.15, 0.2) is 52.5 Å². The molecule has 0 unspecified atom stereocenters. The van der Waals surface area contributed by atoms with Crippen molar-refractivity contribution in [2.24, 2.45) is 0 Å². The zero-order valence-corrected chi connectivity index (χ0v) is 14.7. The Kier molecular flexibility index (Phi) is 4.56. The third kappa shape index (κ3) is 3.40. The average Bonchev–Trinajstić information content (AvgIpc) is 2.84. The van der Waals surface area contributed by atoms with E-state index in [1.165, 1.54) is 24.3 Å². The molecule has 0 aliphatic carbocycles. The Bertz CT molecular complexity index is 945. The SMILES string of the molecule is O=C1NN(c2cccc(Br)c2)C(=O)C1=Cc1cc([N+](=O)[O-])ccc1Cl. The second-order valence-electron chi connectivity index (χ2n) is 5.08. The van der Waals surface area contributed by atoms with Gasteiger partial charge in [0, 0.05) is 27.2 Å². The molecule has 0 aromatic heterocycles. The fraction of sp³-hybridized carbons (Fsp3) is 0. The van der Waals surface area contributed by atoms with Gasteiger partial charge in [0.2, 0.25) is 0 Å². The van der Waals surface area contributed by atoms with Crippen molar-refractivity contribution in [2.75, 3.05) is 5.01 Å². The Hall–Kier alpha value is -2.71. The van der Waals surface area contributed by atoms with E-state index in [2.05, 4.69) is 21.4 Å². The van der Waals surface area contributed by atoms with Crippen LogP contribution in [0.5, 0.6) is 0 Å². The number of nitrogens with zero attached hydrogens (tertiary/aromatic N) is 2. The summed E-state index contributed by atoms with van der Waals surface area (Å²) in [4.78, 5) is 35.0. The Labute approximate surface area is 155 Å². The smallest absolute Gasteiger partial charge is 0.267 e. The van der Waals surface area contributed by atoms with Gasteiger partial charge in [0.1, 0.15) is 5.57 Å². The maximum atomic E-state index is 12.5. The topological polar surface area (TPSA) is 92.6 Å². The van der Waals surface area contributed by atoms with Crippen molar-refractivity contribution in [3.8, 4) is 0 Å². The van der Waals surface area contributed by atoms with E-state index in [1.807, 2.05) is 0 Å². The number of nitro groups is 1. The summed E-state index contributed by atoms with van der Waals surface area (Å²) in [5, 5.41) is 12.2. The summed E-state index contributed by atoms with van der Waals surface area (Å²) in [7, 11) is 0. The second-order valence-corrected chi connectivity index (χ2v) is 6.41. The summed E-state index contributed by atoms with van der Waals surface area (Å²) in [5.41, 5.74) is 2.79. The molecule has 0 radical (unpaired) electrons. The lowest BCUT2D eigenvalue weighted by Crippen LogP contribution is -2.35. The van der Waals surface area contributed by atoms with Gasteiger partial charge in [-0.1, -0.05) is 33.6 Å². The van der Waals surface area contributed by atoms with E-state index in [0.717, 1.165) is 9.48 Å². The molecular formula is C16H9BrClN3O4. The predicted molar refractivity (Wildman–Crippen MR) is 95.9 cm³/mol. The van der Waals surface area contributed by atoms with E-state index in [9.17, 15) is 19.7 Å². The van der Waals surface area contributed by atoms with E-state index in [4.69, 9.17) is 11.6 Å². The van der Waals surface area contributed by atoms with Crippen molar-refractivity contribution in [3.63, 3.8) is 0 Å². The molecule has 2 aromatic rings. The zero-order chi connectivity index (χ0) is 18.1. The number of hydrogen-bond acceptors (Lipinski definition) is 4. The van der Waals surface area contributed by atoms with Crippen LogP contribution >= 0.6 is 27.5 Å². The molecule has 0 saturated carbocycles. The van der Waals surface area contributed by atoms with E-state index < -0.39 is 16.7 Å². The van der Waals surface area contributed by atoms with Crippen molar-refractivity contribution in [1.82, 2.24) is 5.43 Å². The lowest BCUT2D eigenvalue weighted by molar-refractivity contribution is -0.384. The van der Waals surface area contributed by atoms with Crippen LogP contribution in [0.3, 0.4) is 0 Å². The molecule has 25 heavy (non-hydrogen) atoms. The first kappa shape index (κ1) is 17.1. The average molecular weight is 423 g/mol. The number of halogens is 2. The quantitative estimate of drug-likeness (QED) is 0.355. The molecule has 9 heteroatoms. The molecule has 1 fully saturated rings. The minimum atomic E-state index is -0.618. The maximum absolute atomic E-state index is 12.5. The summed E-state index contributed by atoms with van der Waals surface area (Å²) in [6.07, 6.45) is 1.24. The Morgan fingerprint density at radius 2 is 1.96 bits per heavy atom. The summed E-state index contributed by atoms with van der Waals surface area (Å²) in [5.74, 6) is -1.20. The molecule has 2 aromatic carbocycles. The highest BCUT2D eigenvalue weighted by molar-refractivity contribution is 9.10. The predicted octanol–water partition coefficient (Wildman–Crippen LogP) is 3.47. The summed E-state index contributed by atoms with van der Waals surface area (Å²) < 4.78 is 0.742. The van der Waals surface area contributed by atoms with Crippen LogP contribution in [0, 0.1) is 10.1 Å². The van der Waals surface area contributed by atoms with Gasteiger partial charge in [0.15, 0.2) is 0 Å². The number of carbonyl (C=O) groups is 2. The molecule has 3 rings (SSSR count). The number of non-ortho nitro benzene ring substituents is 1. The van der Waals surface area contributed by atoms with Crippen molar-refractivity contribution in [3.05, 3.63) is 73.2 Å². The normalized spacial score (nSPS) is 15.6. The van der Waals surface area contributed by atoms with E-state index in [0.29, 0.717) is 5.69 Å². The molecule has 1 N–H and O–H groups in total. The fourth-order valence-corrected chi connectivity index (χ4v) is 2.82. The van der Waals surface area contributed by atoms with Crippen LogP contribution in [0.25, 0.3) is 6.08 Å². The van der Waals surface area contributed by atoms with Crippen molar-refractivity contribution in [1.29, 1.82) is 0 Å². The molecule has 0 atom stereocenters. The summed E-state index contributed by atoms with van der Waals surface area (Å²) in [6.45, 7) is 0. The van der Waals surface area contributed by atoms with Crippen LogP contribution in [0.4, 0.5) is 11.4 Å². The molecule has 1 aliphatic heterocycles. The van der Waals surface area contributed by atoms with Gasteiger partial charge in [-0.15, -0.1) is 0 Å². The standard InChI is InChI=1S/C16H9BrClN3O4/c17-10-2-1-3-11(8-10)20-16(23)13(15(22)19-20)7-9-6-12(21(24)25)4-5-14(9)18/h1-8H,(H,19,22). The number of nitrogens with one attached hydrogen (secondary N) is 1. The molecular weight excluding hydrogens is 414 g/mol. The first-order valence-corrected chi connectivity index (χ1v) is 8.10. The van der Waals surface area contributed by atoms with Crippen LogP contribution in [0.2, 0.25) is 5.02 Å². The first-order valence-electron chi connectivity index (χ1n) is 6.93. The van der Waals surface area contributed by atoms with Crippen molar-refractivity contribution >= 4 is 56.8 Å². The Morgan fingerprint density at radius 1 is 1.20 bits per heavy atom. The van der Waals surface area contributed by atoms with Crippen LogP contribution in [-0.2, 0) is 9.59 Å². The van der Waals surface area contributed by atoms with Gasteiger partial charge >= 0.3 is 0 Å². The third-order valence-electron chi connectivity index (χ3n) is 3.45. The number of nitro benzene ring substituents is 1. The van der Waals surface area contributed by atoms with Gasteiger partial charge in [0.25, 0.3) is 17.5 Å². The maximum Gasteiger partial charge on any atom is 0.282 e. The number of benzene rings is 2. The fourth-order valence-electron chi connectivity index (χ4n) is 2.27. The summed E-state index contributed by atoms with van der Waals surface area (Å²) >= 11 is 9.32. The number of rotatable bonds is 3. The van der Waals surface area contributed by atoms with Gasteiger partial charge in [-0.25, -0.2) is 5.01 Å². The van der Waals surface area contributed by atoms with E-state index in [1.54, 1.807) is 24.3 Å². The highest BCUT2D eigenvalue weighted by atomic mass is 79.9. The molecule has 0 spiro atoms. The Balaban J connectivity index is 1.99. The highest BCUT2D eigenvalue weighted by Crippen LogP contribution is 2.28. The zero-order valence-electron chi connectivity index (χ0n) is 12.4. The molecule has 126 valence electrons. The number of hydrogen-bond donors (Lipinski definition) is 1. The third-order valence-corrected chi connectivity index (χ3v) is 4.29. The number of anilines is 1. The first-order chi connectivity index (χ1) is 11.9. The molecule has 0 bridgehead atoms. The monoisotopic (exact) mass is 421 g/mol. The van der Waals surface area contributed by atoms with Gasteiger partial charge in [-0.2, -0.15) is 0 Å². The van der Waals surface area contributed by atoms with Crippen molar-refractivity contribution in [2.45, 2.75) is 0 Å². The van der Waals surface area contributed by atoms with Crippen LogP contribution in [-0.4, -0.2) is 16.7 Å². The lowest BCUT2D eigenvalue weighted by Gasteiger charge is -2.14. The Morgan fingerprint density at radius 3 is 2.64 bits per heavy atom. The van der Waals surface area contributed by atoms with E-state index >= 15 is 0 Å². The van der Waals surface area contributed by atoms with Gasteiger partial charge in [-0.05, 0) is 30.3 Å². The lowest BCUT2D eigenvalue weighted by atomic mass is 10.1.